The maximum absolute atomic E-state index is 13.1. The number of hydrogen-bond acceptors (Lipinski definition) is 6. The van der Waals surface area contributed by atoms with Crippen molar-refractivity contribution in [1.29, 1.82) is 0 Å². The lowest BCUT2D eigenvalue weighted by Crippen LogP contribution is -2.53. The molecule has 2 rings (SSSR count). The van der Waals surface area contributed by atoms with Gasteiger partial charge in [-0.25, -0.2) is 0 Å². The normalized spacial score (nSPS) is 20.2. The molecule has 0 aromatic heterocycles. The van der Waals surface area contributed by atoms with E-state index >= 15 is 0 Å². The molecule has 1 aliphatic heterocycles. The number of nitrogens with two attached hydrogens (primary N) is 1. The monoisotopic (exact) mass is 419 g/mol. The fourth-order valence-electron chi connectivity index (χ4n) is 3.90. The van der Waals surface area contributed by atoms with Crippen molar-refractivity contribution in [3.05, 3.63) is 35.4 Å². The molecule has 30 heavy (non-hydrogen) atoms. The molecular formula is C22H33N3O5. The summed E-state index contributed by atoms with van der Waals surface area (Å²) in [5, 5.41) is 24.8. The summed E-state index contributed by atoms with van der Waals surface area (Å²) in [6.45, 7) is 2.30. The molecule has 8 heteroatoms. The van der Waals surface area contributed by atoms with Crippen molar-refractivity contribution in [2.75, 3.05) is 6.54 Å². The van der Waals surface area contributed by atoms with Gasteiger partial charge in [-0.3, -0.25) is 25.0 Å². The van der Waals surface area contributed by atoms with Gasteiger partial charge < -0.3 is 15.9 Å². The molecule has 1 heterocycles. The van der Waals surface area contributed by atoms with Crippen LogP contribution in [0.2, 0.25) is 0 Å². The molecule has 1 aromatic carbocycles. The number of carbonyl (C=O) groups excluding carboxylic acids is 1. The number of rotatable bonds is 13. The highest BCUT2D eigenvalue weighted by molar-refractivity contribution is 5.92. The van der Waals surface area contributed by atoms with Crippen LogP contribution in [0, 0.1) is 0 Å². The van der Waals surface area contributed by atoms with Gasteiger partial charge in [0, 0.05) is 0 Å². The zero-order chi connectivity index (χ0) is 22.1. The Labute approximate surface area is 177 Å². The van der Waals surface area contributed by atoms with E-state index in [-0.39, 0.29) is 5.78 Å². The van der Waals surface area contributed by atoms with E-state index in [0.29, 0.717) is 19.4 Å². The molecule has 0 amide bonds. The van der Waals surface area contributed by atoms with Crippen LogP contribution >= 0.6 is 0 Å². The first-order valence-electron chi connectivity index (χ1n) is 10.6. The van der Waals surface area contributed by atoms with Gasteiger partial charge in [0.2, 0.25) is 0 Å². The second kappa shape index (κ2) is 11.8. The van der Waals surface area contributed by atoms with Crippen LogP contribution in [0.4, 0.5) is 0 Å². The minimum atomic E-state index is -1.01. The predicted octanol–water partition coefficient (Wildman–Crippen LogP) is 1.63. The van der Waals surface area contributed by atoms with Crippen LogP contribution in [0.3, 0.4) is 0 Å². The molecule has 166 valence electrons. The topological polar surface area (TPSA) is 142 Å². The standard InChI is InChI=1S/C22H33N3O5/c1-14(24-17(21(27)28)11-5-3-2-4-8-12-23)20(26)19-16-10-7-6-9-15(16)13-18(25-19)22(29)30/h6-7,9-10,14,17-19,24-25H,2-5,8,11-13,23H2,1H3,(H,27,28)(H,29,30)/t14-,17-,18?,19?/m0/s1. The lowest BCUT2D eigenvalue weighted by atomic mass is 9.86. The molecule has 0 saturated carbocycles. The number of fused-ring (bicyclic) bond motifs is 1. The Kier molecular flexibility index (Phi) is 9.42. The van der Waals surface area contributed by atoms with Crippen molar-refractivity contribution < 1.29 is 24.6 Å². The molecule has 0 aliphatic carbocycles. The van der Waals surface area contributed by atoms with Crippen molar-refractivity contribution in [3.8, 4) is 0 Å². The number of aliphatic carboxylic acids is 2. The third-order valence-corrected chi connectivity index (χ3v) is 5.61. The summed E-state index contributed by atoms with van der Waals surface area (Å²) < 4.78 is 0. The van der Waals surface area contributed by atoms with Crippen LogP contribution in [-0.2, 0) is 20.8 Å². The van der Waals surface area contributed by atoms with Crippen LogP contribution in [0.5, 0.6) is 0 Å². The van der Waals surface area contributed by atoms with Crippen LogP contribution < -0.4 is 16.4 Å². The van der Waals surface area contributed by atoms with Crippen LogP contribution in [0.15, 0.2) is 24.3 Å². The van der Waals surface area contributed by atoms with Gasteiger partial charge in [-0.15, -0.1) is 0 Å². The Balaban J connectivity index is 2.00. The van der Waals surface area contributed by atoms with E-state index in [0.717, 1.165) is 43.2 Å². The Morgan fingerprint density at radius 1 is 1.13 bits per heavy atom. The number of hydrogen-bond donors (Lipinski definition) is 5. The minimum Gasteiger partial charge on any atom is -0.480 e. The maximum Gasteiger partial charge on any atom is 0.321 e. The molecule has 0 saturated heterocycles. The van der Waals surface area contributed by atoms with E-state index in [1.165, 1.54) is 0 Å². The van der Waals surface area contributed by atoms with E-state index in [4.69, 9.17) is 5.73 Å². The summed E-state index contributed by atoms with van der Waals surface area (Å²) in [6, 6.07) is 4.06. The second-order valence-corrected chi connectivity index (χ2v) is 7.92. The first-order chi connectivity index (χ1) is 14.3. The van der Waals surface area contributed by atoms with Gasteiger partial charge in [-0.1, -0.05) is 49.9 Å². The average molecular weight is 420 g/mol. The Hall–Kier alpha value is -2.29. The van der Waals surface area contributed by atoms with Gasteiger partial charge in [0.25, 0.3) is 0 Å². The first-order valence-corrected chi connectivity index (χ1v) is 10.6. The molecule has 2 unspecified atom stereocenters. The van der Waals surface area contributed by atoms with Crippen molar-refractivity contribution in [1.82, 2.24) is 10.6 Å². The zero-order valence-corrected chi connectivity index (χ0v) is 17.5. The van der Waals surface area contributed by atoms with E-state index in [1.807, 2.05) is 24.3 Å². The molecule has 1 aliphatic rings. The van der Waals surface area contributed by atoms with E-state index < -0.39 is 36.1 Å². The quantitative estimate of drug-likeness (QED) is 0.304. The van der Waals surface area contributed by atoms with Gasteiger partial charge >= 0.3 is 11.9 Å². The minimum absolute atomic E-state index is 0.261. The molecule has 0 spiro atoms. The highest BCUT2D eigenvalue weighted by Crippen LogP contribution is 2.27. The van der Waals surface area contributed by atoms with Crippen molar-refractivity contribution in [3.63, 3.8) is 0 Å². The SMILES string of the molecule is C[C@H](N[C@@H](CCCCCCCN)C(=O)O)C(=O)C1NC(C(=O)O)Cc2ccccc21. The van der Waals surface area contributed by atoms with Crippen molar-refractivity contribution >= 4 is 17.7 Å². The number of Topliss-reactive ketones (excluding diaryl/α,β-unsaturated/α-hetero) is 1. The third kappa shape index (κ3) is 6.62. The molecule has 1 aromatic rings. The van der Waals surface area contributed by atoms with E-state index in [2.05, 4.69) is 10.6 Å². The zero-order valence-electron chi connectivity index (χ0n) is 17.5. The molecular weight excluding hydrogens is 386 g/mol. The summed E-state index contributed by atoms with van der Waals surface area (Å²) in [4.78, 5) is 36.3. The van der Waals surface area contributed by atoms with Crippen LogP contribution in [-0.4, -0.2) is 52.6 Å². The average Bonchev–Trinajstić information content (AvgIpc) is 2.73. The molecule has 6 N–H and O–H groups in total. The van der Waals surface area contributed by atoms with E-state index in [1.54, 1.807) is 6.92 Å². The summed E-state index contributed by atoms with van der Waals surface area (Å²) in [7, 11) is 0. The molecule has 0 fully saturated rings. The fraction of sp³-hybridized carbons (Fsp3) is 0.591. The Morgan fingerprint density at radius 2 is 1.80 bits per heavy atom. The van der Waals surface area contributed by atoms with Crippen molar-refractivity contribution in [2.45, 2.75) is 76.0 Å². The lowest BCUT2D eigenvalue weighted by Gasteiger charge is -2.32. The van der Waals surface area contributed by atoms with Gasteiger partial charge in [0.05, 0.1) is 12.1 Å². The maximum atomic E-state index is 13.1. The summed E-state index contributed by atoms with van der Waals surface area (Å²) in [6.07, 6.45) is 5.43. The largest absolute Gasteiger partial charge is 0.480 e. The second-order valence-electron chi connectivity index (χ2n) is 7.92. The summed E-state index contributed by atoms with van der Waals surface area (Å²) in [5.74, 6) is -2.26. The van der Waals surface area contributed by atoms with E-state index in [9.17, 15) is 24.6 Å². The predicted molar refractivity (Wildman–Crippen MR) is 113 cm³/mol. The Bertz CT molecular complexity index is 739. The number of nitrogens with one attached hydrogen (secondary N) is 2. The number of benzene rings is 1. The summed E-state index contributed by atoms with van der Waals surface area (Å²) >= 11 is 0. The molecule has 4 atom stereocenters. The molecule has 0 bridgehead atoms. The number of ketones is 1. The number of unbranched alkanes of at least 4 members (excludes halogenated alkanes) is 4. The van der Waals surface area contributed by atoms with Gasteiger partial charge in [-0.05, 0) is 43.9 Å². The lowest BCUT2D eigenvalue weighted by molar-refractivity contribution is -0.140. The number of carboxylic acids is 2. The van der Waals surface area contributed by atoms with Gasteiger partial charge in [0.1, 0.15) is 12.1 Å². The highest BCUT2D eigenvalue weighted by Gasteiger charge is 2.36. The highest BCUT2D eigenvalue weighted by atomic mass is 16.4. The summed E-state index contributed by atoms with van der Waals surface area (Å²) in [5.41, 5.74) is 7.04. The van der Waals surface area contributed by atoms with Gasteiger partial charge in [0.15, 0.2) is 5.78 Å². The van der Waals surface area contributed by atoms with Crippen molar-refractivity contribution in [2.24, 2.45) is 5.73 Å². The Morgan fingerprint density at radius 3 is 2.47 bits per heavy atom. The number of carbonyl (C=O) groups is 3. The molecule has 0 radical (unpaired) electrons. The van der Waals surface area contributed by atoms with Crippen LogP contribution in [0.1, 0.15) is 62.6 Å². The van der Waals surface area contributed by atoms with Crippen LogP contribution in [0.25, 0.3) is 0 Å². The smallest absolute Gasteiger partial charge is 0.321 e. The third-order valence-electron chi connectivity index (χ3n) is 5.61. The molecule has 8 nitrogen and oxygen atoms in total. The fourth-order valence-corrected chi connectivity index (χ4v) is 3.90. The number of carboxylic acid groups (broad SMARTS) is 2. The first kappa shape index (κ1) is 24.0. The van der Waals surface area contributed by atoms with Gasteiger partial charge in [-0.2, -0.15) is 0 Å².